The van der Waals surface area contributed by atoms with Gasteiger partial charge in [-0.05, 0) is 30.3 Å². The highest BCUT2D eigenvalue weighted by Crippen LogP contribution is 2.38. The van der Waals surface area contributed by atoms with Crippen molar-refractivity contribution >= 4 is 22.5 Å². The van der Waals surface area contributed by atoms with Crippen LogP contribution < -0.4 is 4.74 Å². The zero-order valence-electron chi connectivity index (χ0n) is 10.3. The summed E-state index contributed by atoms with van der Waals surface area (Å²) >= 11 is 6.30. The monoisotopic (exact) mass is 270 g/mol. The van der Waals surface area contributed by atoms with E-state index in [-0.39, 0.29) is 0 Å². The van der Waals surface area contributed by atoms with Gasteiger partial charge in [0.15, 0.2) is 0 Å². The minimum Gasteiger partial charge on any atom is -0.496 e. The number of ether oxygens (including phenoxy) is 1. The molecule has 0 bridgehead atoms. The summed E-state index contributed by atoms with van der Waals surface area (Å²) in [5.74, 6) is 0.705. The van der Waals surface area contributed by atoms with Crippen LogP contribution in [0.15, 0.2) is 48.8 Å². The number of halogens is 1. The number of methoxy groups -OCH3 is 1. The Labute approximate surface area is 115 Å². The van der Waals surface area contributed by atoms with Gasteiger partial charge in [0.1, 0.15) is 5.75 Å². The van der Waals surface area contributed by atoms with Crippen molar-refractivity contribution in [2.75, 3.05) is 7.11 Å². The molecule has 0 N–H and O–H groups in total. The number of fused-ring (bicyclic) bond motifs is 1. The number of pyridine rings is 2. The van der Waals surface area contributed by atoms with E-state index in [9.17, 15) is 0 Å². The van der Waals surface area contributed by atoms with Crippen molar-refractivity contribution < 1.29 is 4.74 Å². The van der Waals surface area contributed by atoms with Gasteiger partial charge in [-0.1, -0.05) is 17.7 Å². The van der Waals surface area contributed by atoms with E-state index in [1.54, 1.807) is 19.5 Å². The molecule has 0 radical (unpaired) electrons. The second-order valence-corrected chi connectivity index (χ2v) is 4.45. The lowest BCUT2D eigenvalue weighted by molar-refractivity contribution is 0.416. The maximum atomic E-state index is 6.30. The van der Waals surface area contributed by atoms with E-state index in [2.05, 4.69) is 9.97 Å². The predicted molar refractivity (Wildman–Crippen MR) is 76.5 cm³/mol. The minimum absolute atomic E-state index is 0.614. The van der Waals surface area contributed by atoms with Crippen molar-refractivity contribution in [2.24, 2.45) is 0 Å². The fourth-order valence-electron chi connectivity index (χ4n) is 2.11. The average Bonchev–Trinajstić information content (AvgIpc) is 2.46. The van der Waals surface area contributed by atoms with Crippen molar-refractivity contribution in [1.29, 1.82) is 0 Å². The van der Waals surface area contributed by atoms with Crippen molar-refractivity contribution in [2.45, 2.75) is 0 Å². The molecule has 19 heavy (non-hydrogen) atoms. The molecule has 4 heteroatoms. The smallest absolute Gasteiger partial charge is 0.129 e. The van der Waals surface area contributed by atoms with Crippen LogP contribution in [-0.4, -0.2) is 17.1 Å². The summed E-state index contributed by atoms with van der Waals surface area (Å²) in [4.78, 5) is 8.77. The first-order chi connectivity index (χ1) is 9.31. The summed E-state index contributed by atoms with van der Waals surface area (Å²) in [6.07, 6.45) is 3.49. The first kappa shape index (κ1) is 11.9. The maximum Gasteiger partial charge on any atom is 0.129 e. The molecule has 0 aliphatic carbocycles. The molecule has 0 spiro atoms. The average molecular weight is 271 g/mol. The van der Waals surface area contributed by atoms with E-state index in [1.165, 1.54) is 0 Å². The molecule has 0 aliphatic heterocycles. The van der Waals surface area contributed by atoms with Gasteiger partial charge in [0.25, 0.3) is 0 Å². The Bertz CT molecular complexity index is 738. The van der Waals surface area contributed by atoms with Crippen LogP contribution in [-0.2, 0) is 0 Å². The van der Waals surface area contributed by atoms with Crippen molar-refractivity contribution in [1.82, 2.24) is 9.97 Å². The Morgan fingerprint density at radius 2 is 1.89 bits per heavy atom. The lowest BCUT2D eigenvalue weighted by Crippen LogP contribution is -1.93. The lowest BCUT2D eigenvalue weighted by Gasteiger charge is -2.11. The summed E-state index contributed by atoms with van der Waals surface area (Å²) in [6, 6.07) is 11.3. The van der Waals surface area contributed by atoms with Crippen LogP contribution in [0.25, 0.3) is 22.2 Å². The van der Waals surface area contributed by atoms with Gasteiger partial charge in [0.05, 0.1) is 28.9 Å². The highest BCUT2D eigenvalue weighted by atomic mass is 35.5. The molecule has 0 atom stereocenters. The third kappa shape index (κ3) is 2.02. The molecule has 1 aromatic carbocycles. The number of hydrogen-bond donors (Lipinski definition) is 0. The van der Waals surface area contributed by atoms with Crippen LogP contribution in [0, 0.1) is 0 Å². The van der Waals surface area contributed by atoms with E-state index < -0.39 is 0 Å². The topological polar surface area (TPSA) is 35.0 Å². The molecule has 94 valence electrons. The number of aromatic nitrogens is 2. The summed E-state index contributed by atoms with van der Waals surface area (Å²) in [7, 11) is 1.62. The summed E-state index contributed by atoms with van der Waals surface area (Å²) in [5, 5.41) is 1.57. The fraction of sp³-hybridized carbons (Fsp3) is 0.0667. The maximum absolute atomic E-state index is 6.30. The van der Waals surface area contributed by atoms with Crippen LogP contribution in [0.5, 0.6) is 5.75 Å². The lowest BCUT2D eigenvalue weighted by atomic mass is 10.1. The first-order valence-electron chi connectivity index (χ1n) is 5.84. The molecule has 3 aromatic rings. The van der Waals surface area contributed by atoms with Gasteiger partial charge in [-0.25, -0.2) is 0 Å². The van der Waals surface area contributed by atoms with Gasteiger partial charge in [-0.2, -0.15) is 0 Å². The Morgan fingerprint density at radius 3 is 2.74 bits per heavy atom. The zero-order chi connectivity index (χ0) is 13.2. The Morgan fingerprint density at radius 1 is 1.00 bits per heavy atom. The Kier molecular flexibility index (Phi) is 3.05. The van der Waals surface area contributed by atoms with E-state index in [4.69, 9.17) is 16.3 Å². The number of rotatable bonds is 2. The molecule has 0 aliphatic rings. The number of benzene rings is 1. The van der Waals surface area contributed by atoms with Gasteiger partial charge in [-0.15, -0.1) is 0 Å². The first-order valence-corrected chi connectivity index (χ1v) is 6.21. The van der Waals surface area contributed by atoms with Crippen molar-refractivity contribution in [3.8, 4) is 17.0 Å². The number of hydrogen-bond acceptors (Lipinski definition) is 3. The molecule has 0 saturated carbocycles. The second-order valence-electron chi connectivity index (χ2n) is 4.05. The van der Waals surface area contributed by atoms with Gasteiger partial charge in [0.2, 0.25) is 0 Å². The normalized spacial score (nSPS) is 10.6. The SMILES string of the molecule is COc1cccc(Cl)c1-c1nccc2ncccc12. The molecule has 2 aromatic heterocycles. The van der Waals surface area contributed by atoms with Crippen LogP contribution in [0.1, 0.15) is 0 Å². The predicted octanol–water partition coefficient (Wildman–Crippen LogP) is 3.96. The van der Waals surface area contributed by atoms with E-state index in [0.29, 0.717) is 10.8 Å². The fourth-order valence-corrected chi connectivity index (χ4v) is 2.36. The molecular formula is C15H11ClN2O. The minimum atomic E-state index is 0.614. The van der Waals surface area contributed by atoms with Crippen molar-refractivity contribution in [3.05, 3.63) is 53.8 Å². The van der Waals surface area contributed by atoms with E-state index in [0.717, 1.165) is 22.2 Å². The molecule has 0 fully saturated rings. The largest absolute Gasteiger partial charge is 0.496 e. The number of nitrogens with zero attached hydrogens (tertiary/aromatic N) is 2. The Hall–Kier alpha value is -2.13. The highest BCUT2D eigenvalue weighted by Gasteiger charge is 2.14. The van der Waals surface area contributed by atoms with Crippen molar-refractivity contribution in [3.63, 3.8) is 0 Å². The Balaban J connectivity index is 2.37. The third-order valence-electron chi connectivity index (χ3n) is 2.96. The molecule has 0 amide bonds. The molecule has 0 saturated heterocycles. The zero-order valence-corrected chi connectivity index (χ0v) is 11.1. The third-order valence-corrected chi connectivity index (χ3v) is 3.28. The van der Waals surface area contributed by atoms with Crippen LogP contribution in [0.2, 0.25) is 5.02 Å². The highest BCUT2D eigenvalue weighted by molar-refractivity contribution is 6.34. The molecule has 3 nitrogen and oxygen atoms in total. The summed E-state index contributed by atoms with van der Waals surface area (Å²) < 4.78 is 5.38. The second kappa shape index (κ2) is 4.86. The van der Waals surface area contributed by atoms with Gasteiger partial charge in [0, 0.05) is 17.8 Å². The summed E-state index contributed by atoms with van der Waals surface area (Å²) in [6.45, 7) is 0. The van der Waals surface area contributed by atoms with Gasteiger partial charge < -0.3 is 4.74 Å². The standard InChI is InChI=1S/C15H11ClN2O/c1-19-13-6-2-5-11(16)14(13)15-10-4-3-8-17-12(10)7-9-18-15/h2-9H,1H3. The van der Waals surface area contributed by atoms with E-state index in [1.807, 2.05) is 36.4 Å². The van der Waals surface area contributed by atoms with Gasteiger partial charge >= 0.3 is 0 Å². The molecule has 0 unspecified atom stereocenters. The van der Waals surface area contributed by atoms with Crippen LogP contribution >= 0.6 is 11.6 Å². The molecule has 2 heterocycles. The van der Waals surface area contributed by atoms with Gasteiger partial charge in [-0.3, -0.25) is 9.97 Å². The van der Waals surface area contributed by atoms with Crippen LogP contribution in [0.4, 0.5) is 0 Å². The van der Waals surface area contributed by atoms with Crippen LogP contribution in [0.3, 0.4) is 0 Å². The quantitative estimate of drug-likeness (QED) is 0.707. The summed E-state index contributed by atoms with van der Waals surface area (Å²) in [5.41, 5.74) is 2.47. The molecule has 3 rings (SSSR count). The van der Waals surface area contributed by atoms with E-state index >= 15 is 0 Å². The molecular weight excluding hydrogens is 260 g/mol.